The van der Waals surface area contributed by atoms with Crippen molar-refractivity contribution in [3.05, 3.63) is 46.2 Å². The van der Waals surface area contributed by atoms with E-state index in [9.17, 15) is 4.79 Å². The molecule has 0 bridgehead atoms. The summed E-state index contributed by atoms with van der Waals surface area (Å²) in [7, 11) is 1.62. The van der Waals surface area contributed by atoms with E-state index in [1.807, 2.05) is 23.6 Å². The van der Waals surface area contributed by atoms with Crippen molar-refractivity contribution in [3.8, 4) is 11.5 Å². The van der Waals surface area contributed by atoms with Gasteiger partial charge in [-0.15, -0.1) is 11.3 Å². The van der Waals surface area contributed by atoms with Crippen molar-refractivity contribution in [1.82, 2.24) is 0 Å². The lowest BCUT2D eigenvalue weighted by atomic mass is 10.1. The Hall–Kier alpha value is -1.81. The first-order valence-electron chi connectivity index (χ1n) is 7.21. The van der Waals surface area contributed by atoms with E-state index in [1.54, 1.807) is 19.2 Å². The van der Waals surface area contributed by atoms with Gasteiger partial charge in [0, 0.05) is 5.56 Å². The first-order chi connectivity index (χ1) is 10.3. The summed E-state index contributed by atoms with van der Waals surface area (Å²) in [5, 5.41) is 1.91. The maximum atomic E-state index is 12.4. The van der Waals surface area contributed by atoms with Gasteiger partial charge in [-0.2, -0.15) is 0 Å². The molecule has 3 nitrogen and oxygen atoms in total. The molecule has 1 aliphatic carbocycles. The number of thiophene rings is 1. The second-order valence-electron chi connectivity index (χ2n) is 5.20. The van der Waals surface area contributed by atoms with Crippen LogP contribution in [0.1, 0.15) is 40.9 Å². The minimum atomic E-state index is 0.0314. The summed E-state index contributed by atoms with van der Waals surface area (Å²) in [6.45, 7) is 0. The van der Waals surface area contributed by atoms with Crippen LogP contribution in [0.5, 0.6) is 11.5 Å². The SMILES string of the molecule is COc1ccc(C(=O)c2cccs2)cc1OC1CCCC1. The Morgan fingerprint density at radius 1 is 1.19 bits per heavy atom. The molecule has 1 aliphatic rings. The predicted octanol–water partition coefficient (Wildman–Crippen LogP) is 4.31. The van der Waals surface area contributed by atoms with Gasteiger partial charge in [0.2, 0.25) is 5.78 Å². The number of hydrogen-bond acceptors (Lipinski definition) is 4. The molecule has 0 aliphatic heterocycles. The van der Waals surface area contributed by atoms with E-state index in [0.717, 1.165) is 17.7 Å². The third-order valence-electron chi connectivity index (χ3n) is 3.77. The monoisotopic (exact) mass is 302 g/mol. The van der Waals surface area contributed by atoms with Gasteiger partial charge in [0.25, 0.3) is 0 Å². The number of rotatable bonds is 5. The third kappa shape index (κ3) is 3.10. The fourth-order valence-electron chi connectivity index (χ4n) is 2.65. The van der Waals surface area contributed by atoms with Crippen LogP contribution in [-0.2, 0) is 0 Å². The molecule has 0 N–H and O–H groups in total. The second kappa shape index (κ2) is 6.31. The van der Waals surface area contributed by atoms with E-state index >= 15 is 0 Å². The number of ether oxygens (including phenoxy) is 2. The summed E-state index contributed by atoms with van der Waals surface area (Å²) in [5.74, 6) is 1.39. The van der Waals surface area contributed by atoms with Gasteiger partial charge in [0.1, 0.15) is 0 Å². The highest BCUT2D eigenvalue weighted by Crippen LogP contribution is 2.33. The minimum absolute atomic E-state index is 0.0314. The molecule has 4 heteroatoms. The van der Waals surface area contributed by atoms with Gasteiger partial charge in [-0.05, 0) is 55.3 Å². The molecule has 1 aromatic carbocycles. The smallest absolute Gasteiger partial charge is 0.203 e. The molecular formula is C17H18O3S. The number of benzene rings is 1. The maximum Gasteiger partial charge on any atom is 0.203 e. The maximum absolute atomic E-state index is 12.4. The van der Waals surface area contributed by atoms with Crippen molar-refractivity contribution in [2.75, 3.05) is 7.11 Å². The molecular weight excluding hydrogens is 284 g/mol. The van der Waals surface area contributed by atoms with E-state index in [4.69, 9.17) is 9.47 Å². The fraction of sp³-hybridized carbons (Fsp3) is 0.353. The first-order valence-corrected chi connectivity index (χ1v) is 8.09. The summed E-state index contributed by atoms with van der Waals surface area (Å²) in [4.78, 5) is 13.2. The third-order valence-corrected chi connectivity index (χ3v) is 4.64. The van der Waals surface area contributed by atoms with Crippen LogP contribution in [0.3, 0.4) is 0 Å². The van der Waals surface area contributed by atoms with Gasteiger partial charge < -0.3 is 9.47 Å². The molecule has 0 atom stereocenters. The summed E-state index contributed by atoms with van der Waals surface area (Å²) in [6.07, 6.45) is 4.81. The Morgan fingerprint density at radius 2 is 2.00 bits per heavy atom. The van der Waals surface area contributed by atoms with Gasteiger partial charge in [-0.25, -0.2) is 0 Å². The standard InChI is InChI=1S/C17H18O3S/c1-19-14-9-8-12(17(18)16-7-4-10-21-16)11-15(14)20-13-5-2-3-6-13/h4,7-11,13H,2-3,5-6H2,1H3. The Morgan fingerprint density at radius 3 is 2.67 bits per heavy atom. The van der Waals surface area contributed by atoms with Crippen LogP contribution in [0.4, 0.5) is 0 Å². The predicted molar refractivity (Wildman–Crippen MR) is 83.6 cm³/mol. The second-order valence-corrected chi connectivity index (χ2v) is 6.14. The van der Waals surface area contributed by atoms with Crippen LogP contribution >= 0.6 is 11.3 Å². The van der Waals surface area contributed by atoms with Crippen LogP contribution in [0, 0.1) is 0 Å². The Kier molecular flexibility index (Phi) is 4.25. The zero-order valence-electron chi connectivity index (χ0n) is 12.0. The molecule has 1 saturated carbocycles. The fourth-order valence-corrected chi connectivity index (χ4v) is 3.33. The number of ketones is 1. The number of methoxy groups -OCH3 is 1. The summed E-state index contributed by atoms with van der Waals surface area (Å²) >= 11 is 1.45. The Balaban J connectivity index is 1.87. The molecule has 1 heterocycles. The van der Waals surface area contributed by atoms with Crippen molar-refractivity contribution in [1.29, 1.82) is 0 Å². The van der Waals surface area contributed by atoms with E-state index in [1.165, 1.54) is 24.2 Å². The van der Waals surface area contributed by atoms with Crippen molar-refractivity contribution in [2.45, 2.75) is 31.8 Å². The highest BCUT2D eigenvalue weighted by Gasteiger charge is 2.20. The normalized spacial score (nSPS) is 15.1. The van der Waals surface area contributed by atoms with Gasteiger partial charge in [0.15, 0.2) is 11.5 Å². The number of carbonyl (C=O) groups is 1. The van der Waals surface area contributed by atoms with Crippen LogP contribution in [0.2, 0.25) is 0 Å². The van der Waals surface area contributed by atoms with Crippen molar-refractivity contribution >= 4 is 17.1 Å². The number of hydrogen-bond donors (Lipinski definition) is 0. The molecule has 0 radical (unpaired) electrons. The number of carbonyl (C=O) groups excluding carboxylic acids is 1. The molecule has 0 spiro atoms. The van der Waals surface area contributed by atoms with E-state index < -0.39 is 0 Å². The van der Waals surface area contributed by atoms with Crippen LogP contribution in [0.15, 0.2) is 35.7 Å². The molecule has 0 amide bonds. The van der Waals surface area contributed by atoms with E-state index in [2.05, 4.69) is 0 Å². The van der Waals surface area contributed by atoms with Crippen molar-refractivity contribution < 1.29 is 14.3 Å². The quantitative estimate of drug-likeness (QED) is 0.772. The highest BCUT2D eigenvalue weighted by molar-refractivity contribution is 7.12. The van der Waals surface area contributed by atoms with Crippen molar-refractivity contribution in [2.24, 2.45) is 0 Å². The summed E-state index contributed by atoms with van der Waals surface area (Å²) in [5.41, 5.74) is 0.645. The lowest BCUT2D eigenvalue weighted by Crippen LogP contribution is -2.12. The summed E-state index contributed by atoms with van der Waals surface area (Å²) in [6, 6.07) is 9.14. The lowest BCUT2D eigenvalue weighted by molar-refractivity contribution is 0.104. The topological polar surface area (TPSA) is 35.5 Å². The zero-order valence-corrected chi connectivity index (χ0v) is 12.8. The van der Waals surface area contributed by atoms with Gasteiger partial charge in [-0.1, -0.05) is 6.07 Å². The van der Waals surface area contributed by atoms with E-state index in [-0.39, 0.29) is 11.9 Å². The van der Waals surface area contributed by atoms with Gasteiger partial charge in [-0.3, -0.25) is 4.79 Å². The Labute approximate surface area is 128 Å². The Bertz CT molecular complexity index is 613. The van der Waals surface area contributed by atoms with E-state index in [0.29, 0.717) is 17.1 Å². The minimum Gasteiger partial charge on any atom is -0.493 e. The largest absolute Gasteiger partial charge is 0.493 e. The lowest BCUT2D eigenvalue weighted by Gasteiger charge is -2.16. The molecule has 0 saturated heterocycles. The van der Waals surface area contributed by atoms with Crippen molar-refractivity contribution in [3.63, 3.8) is 0 Å². The first kappa shape index (κ1) is 14.1. The molecule has 1 fully saturated rings. The van der Waals surface area contributed by atoms with Gasteiger partial charge >= 0.3 is 0 Å². The van der Waals surface area contributed by atoms with Gasteiger partial charge in [0.05, 0.1) is 18.1 Å². The van der Waals surface area contributed by atoms with Crippen LogP contribution in [0.25, 0.3) is 0 Å². The average Bonchev–Trinajstić information content (AvgIpc) is 3.19. The average molecular weight is 302 g/mol. The zero-order chi connectivity index (χ0) is 14.7. The molecule has 1 aromatic heterocycles. The molecule has 3 rings (SSSR count). The molecule has 21 heavy (non-hydrogen) atoms. The molecule has 110 valence electrons. The molecule has 2 aromatic rings. The van der Waals surface area contributed by atoms with Crippen LogP contribution in [-0.4, -0.2) is 19.0 Å². The van der Waals surface area contributed by atoms with Crippen LogP contribution < -0.4 is 9.47 Å². The summed E-state index contributed by atoms with van der Waals surface area (Å²) < 4.78 is 11.4. The molecule has 0 unspecified atom stereocenters. The highest BCUT2D eigenvalue weighted by atomic mass is 32.1.